The number of anilines is 1. The van der Waals surface area contributed by atoms with Crippen LogP contribution in [-0.4, -0.2) is 11.5 Å². The van der Waals surface area contributed by atoms with Gasteiger partial charge in [0.1, 0.15) is 0 Å². The lowest BCUT2D eigenvalue weighted by Crippen LogP contribution is -2.18. The third-order valence-electron chi connectivity index (χ3n) is 4.99. The number of benzene rings is 1. The minimum Gasteiger partial charge on any atom is -0.383 e. The van der Waals surface area contributed by atoms with Crippen LogP contribution in [0.15, 0.2) is 36.5 Å². The summed E-state index contributed by atoms with van der Waals surface area (Å²) in [5.41, 5.74) is 3.21. The van der Waals surface area contributed by atoms with E-state index in [1.807, 2.05) is 18.3 Å². The van der Waals surface area contributed by atoms with Gasteiger partial charge in [0.15, 0.2) is 0 Å². The Bertz CT molecular complexity index is 722. The summed E-state index contributed by atoms with van der Waals surface area (Å²) < 4.78 is 0. The fourth-order valence-electron chi connectivity index (χ4n) is 3.92. The summed E-state index contributed by atoms with van der Waals surface area (Å²) in [6, 6.07) is 6.09. The average molecular weight is 299 g/mol. The summed E-state index contributed by atoms with van der Waals surface area (Å²) in [4.78, 5) is 4.49. The molecule has 2 aliphatic rings. The van der Waals surface area contributed by atoms with Crippen molar-refractivity contribution in [3.63, 3.8) is 0 Å². The van der Waals surface area contributed by atoms with Crippen molar-refractivity contribution in [3.8, 4) is 0 Å². The van der Waals surface area contributed by atoms with Crippen LogP contribution in [0.25, 0.3) is 10.9 Å². The molecule has 2 aliphatic carbocycles. The number of halogens is 1. The predicted octanol–water partition coefficient (Wildman–Crippen LogP) is 4.82. The molecule has 3 heteroatoms. The summed E-state index contributed by atoms with van der Waals surface area (Å²) >= 11 is 6.47. The summed E-state index contributed by atoms with van der Waals surface area (Å²) in [5.74, 6) is 2.31. The molecular formula is C18H19ClN2. The van der Waals surface area contributed by atoms with E-state index in [-0.39, 0.29) is 0 Å². The molecule has 108 valence electrons. The molecule has 0 saturated heterocycles. The molecule has 1 fully saturated rings. The molecule has 4 rings (SSSR count). The Hall–Kier alpha value is -1.54. The summed E-state index contributed by atoms with van der Waals surface area (Å²) in [7, 11) is 0. The largest absolute Gasteiger partial charge is 0.383 e. The first-order valence-electron chi connectivity index (χ1n) is 7.68. The number of aromatic nitrogens is 1. The molecule has 1 N–H and O–H groups in total. The van der Waals surface area contributed by atoms with Crippen molar-refractivity contribution in [3.05, 3.63) is 47.1 Å². The van der Waals surface area contributed by atoms with E-state index >= 15 is 0 Å². The lowest BCUT2D eigenvalue weighted by atomic mass is 9.93. The molecule has 3 atom stereocenters. The maximum Gasteiger partial charge on any atom is 0.0752 e. The molecule has 1 aromatic carbocycles. The van der Waals surface area contributed by atoms with Crippen LogP contribution in [0.2, 0.25) is 5.02 Å². The van der Waals surface area contributed by atoms with Gasteiger partial charge in [0.05, 0.1) is 16.2 Å². The van der Waals surface area contributed by atoms with Crippen molar-refractivity contribution in [1.29, 1.82) is 0 Å². The number of rotatable bonds is 3. The van der Waals surface area contributed by atoms with Crippen LogP contribution in [0, 0.1) is 24.7 Å². The Balaban J connectivity index is 1.63. The Labute approximate surface area is 130 Å². The molecule has 1 heterocycles. The van der Waals surface area contributed by atoms with Crippen LogP contribution in [0.1, 0.15) is 18.4 Å². The first-order chi connectivity index (χ1) is 10.2. The van der Waals surface area contributed by atoms with E-state index < -0.39 is 0 Å². The Kier molecular flexibility index (Phi) is 3.15. The predicted molar refractivity (Wildman–Crippen MR) is 88.8 cm³/mol. The van der Waals surface area contributed by atoms with Crippen molar-refractivity contribution in [1.82, 2.24) is 4.98 Å². The summed E-state index contributed by atoms with van der Waals surface area (Å²) in [6.07, 6.45) is 9.29. The van der Waals surface area contributed by atoms with Crippen molar-refractivity contribution in [2.45, 2.75) is 19.8 Å². The van der Waals surface area contributed by atoms with Gasteiger partial charge in [0.25, 0.3) is 0 Å². The first-order valence-corrected chi connectivity index (χ1v) is 8.06. The summed E-state index contributed by atoms with van der Waals surface area (Å²) in [6.45, 7) is 3.06. The zero-order valence-corrected chi connectivity index (χ0v) is 12.9. The van der Waals surface area contributed by atoms with Crippen LogP contribution in [-0.2, 0) is 0 Å². The lowest BCUT2D eigenvalue weighted by Gasteiger charge is -2.21. The number of hydrogen-bond donors (Lipinski definition) is 1. The fraction of sp³-hybridized carbons (Fsp3) is 0.389. The van der Waals surface area contributed by atoms with E-state index in [1.54, 1.807) is 0 Å². The molecule has 0 aliphatic heterocycles. The maximum absolute atomic E-state index is 6.47. The molecule has 1 saturated carbocycles. The molecule has 2 aromatic rings. The van der Waals surface area contributed by atoms with E-state index in [9.17, 15) is 0 Å². The van der Waals surface area contributed by atoms with E-state index in [0.717, 1.165) is 51.5 Å². The van der Waals surface area contributed by atoms with Gasteiger partial charge in [-0.2, -0.15) is 0 Å². The van der Waals surface area contributed by atoms with Gasteiger partial charge in [-0.25, -0.2) is 0 Å². The third kappa shape index (κ3) is 2.22. The zero-order chi connectivity index (χ0) is 14.4. The highest BCUT2D eigenvalue weighted by molar-refractivity contribution is 6.35. The van der Waals surface area contributed by atoms with Gasteiger partial charge in [-0.1, -0.05) is 23.8 Å². The van der Waals surface area contributed by atoms with Gasteiger partial charge in [-0.15, -0.1) is 0 Å². The highest BCUT2D eigenvalue weighted by Gasteiger charge is 2.35. The van der Waals surface area contributed by atoms with Crippen LogP contribution in [0.3, 0.4) is 0 Å². The first kappa shape index (κ1) is 13.1. The van der Waals surface area contributed by atoms with Crippen LogP contribution >= 0.6 is 11.6 Å². The second-order valence-electron chi connectivity index (χ2n) is 6.37. The summed E-state index contributed by atoms with van der Waals surface area (Å²) in [5, 5.41) is 5.53. The third-order valence-corrected chi connectivity index (χ3v) is 5.29. The monoisotopic (exact) mass is 298 g/mol. The molecule has 1 aromatic heterocycles. The number of aryl methyl sites for hydroxylation is 1. The van der Waals surface area contributed by atoms with Crippen LogP contribution < -0.4 is 5.32 Å². The number of pyridine rings is 1. The van der Waals surface area contributed by atoms with Crippen LogP contribution in [0.5, 0.6) is 0 Å². The molecule has 2 bridgehead atoms. The van der Waals surface area contributed by atoms with Gasteiger partial charge < -0.3 is 5.32 Å². The van der Waals surface area contributed by atoms with Gasteiger partial charge in [0.2, 0.25) is 0 Å². The minimum atomic E-state index is 0.740. The number of nitrogens with one attached hydrogen (secondary N) is 1. The number of nitrogens with zero attached hydrogens (tertiary/aromatic N) is 1. The van der Waals surface area contributed by atoms with Crippen molar-refractivity contribution < 1.29 is 0 Å². The minimum absolute atomic E-state index is 0.740. The standard InChI is InChI=1S/C18H19ClN2/c1-11-7-16(19)18(15-3-2-6-20-17(11)15)21-10-14-9-12-4-5-13(14)8-12/h2-7,12-14,21H,8-10H2,1H3. The molecule has 0 amide bonds. The van der Waals surface area contributed by atoms with Crippen LogP contribution in [0.4, 0.5) is 5.69 Å². The zero-order valence-electron chi connectivity index (χ0n) is 12.1. The van der Waals surface area contributed by atoms with Crippen molar-refractivity contribution in [2.24, 2.45) is 17.8 Å². The Morgan fingerprint density at radius 1 is 1.33 bits per heavy atom. The highest BCUT2D eigenvalue weighted by Crippen LogP contribution is 2.43. The van der Waals surface area contributed by atoms with Crippen molar-refractivity contribution >= 4 is 28.2 Å². The second-order valence-corrected chi connectivity index (χ2v) is 6.78. The maximum atomic E-state index is 6.47. The van der Waals surface area contributed by atoms with Gasteiger partial charge in [-0.3, -0.25) is 4.98 Å². The molecular weight excluding hydrogens is 280 g/mol. The van der Waals surface area contributed by atoms with Gasteiger partial charge in [0, 0.05) is 18.1 Å². The van der Waals surface area contributed by atoms with E-state index in [4.69, 9.17) is 11.6 Å². The molecule has 3 unspecified atom stereocenters. The topological polar surface area (TPSA) is 24.9 Å². The average Bonchev–Trinajstić information content (AvgIpc) is 3.09. The smallest absolute Gasteiger partial charge is 0.0752 e. The Morgan fingerprint density at radius 2 is 2.24 bits per heavy atom. The van der Waals surface area contributed by atoms with Crippen molar-refractivity contribution in [2.75, 3.05) is 11.9 Å². The van der Waals surface area contributed by atoms with E-state index in [1.165, 1.54) is 12.8 Å². The number of hydrogen-bond acceptors (Lipinski definition) is 2. The molecule has 2 nitrogen and oxygen atoms in total. The molecule has 21 heavy (non-hydrogen) atoms. The second kappa shape index (κ2) is 5.03. The lowest BCUT2D eigenvalue weighted by molar-refractivity contribution is 0.472. The fourth-order valence-corrected chi connectivity index (χ4v) is 4.25. The van der Waals surface area contributed by atoms with E-state index in [2.05, 4.69) is 35.4 Å². The Morgan fingerprint density at radius 3 is 3.00 bits per heavy atom. The van der Waals surface area contributed by atoms with E-state index in [0.29, 0.717) is 0 Å². The molecule has 0 radical (unpaired) electrons. The quantitative estimate of drug-likeness (QED) is 0.822. The van der Waals surface area contributed by atoms with Gasteiger partial charge in [-0.05, 0) is 61.3 Å². The highest BCUT2D eigenvalue weighted by atomic mass is 35.5. The SMILES string of the molecule is Cc1cc(Cl)c(NCC2CC3C=CC2C3)c2cccnc12. The number of allylic oxidation sites excluding steroid dienone is 2. The normalized spacial score (nSPS) is 26.7. The molecule has 0 spiro atoms. The van der Waals surface area contributed by atoms with Gasteiger partial charge >= 0.3 is 0 Å². The number of fused-ring (bicyclic) bond motifs is 3.